The molecule has 1 saturated heterocycles. The Morgan fingerprint density at radius 2 is 1.76 bits per heavy atom. The van der Waals surface area contributed by atoms with Gasteiger partial charge in [-0.05, 0) is 65.6 Å². The van der Waals surface area contributed by atoms with E-state index in [1.807, 2.05) is 0 Å². The first-order valence-corrected chi connectivity index (χ1v) is 17.7. The van der Waals surface area contributed by atoms with Crippen molar-refractivity contribution in [3.63, 3.8) is 0 Å². The summed E-state index contributed by atoms with van der Waals surface area (Å²) < 4.78 is 28.0. The molecular formula is C36H45BrN4O10. The van der Waals surface area contributed by atoms with Gasteiger partial charge < -0.3 is 39.2 Å². The fourth-order valence-electron chi connectivity index (χ4n) is 6.84. The van der Waals surface area contributed by atoms with Crippen molar-refractivity contribution in [1.29, 1.82) is 0 Å². The van der Waals surface area contributed by atoms with Gasteiger partial charge in [-0.25, -0.2) is 19.4 Å². The predicted octanol–water partition coefficient (Wildman–Crippen LogP) is 4.46. The molecule has 3 amide bonds. The van der Waals surface area contributed by atoms with E-state index in [4.69, 9.17) is 23.7 Å². The number of pyridine rings is 1. The van der Waals surface area contributed by atoms with Gasteiger partial charge in [-0.3, -0.25) is 9.59 Å². The average Bonchev–Trinajstić information content (AvgIpc) is 3.36. The molecule has 5 rings (SSSR count). The number of carbonyl (C=O) groups is 5. The van der Waals surface area contributed by atoms with Crippen molar-refractivity contribution in [2.75, 3.05) is 27.9 Å². The van der Waals surface area contributed by atoms with Crippen molar-refractivity contribution in [1.82, 2.24) is 20.5 Å². The van der Waals surface area contributed by atoms with E-state index in [9.17, 15) is 24.0 Å². The van der Waals surface area contributed by atoms with Crippen molar-refractivity contribution >= 4 is 56.7 Å². The van der Waals surface area contributed by atoms with Crippen LogP contribution in [0, 0.1) is 11.3 Å². The standard InChI is InChI=1S/C36H45BrN4O10/c1-8-19-17-36(19,33(45)49-7)40-30(42)24-15-21(18-41(24)31(43)29(35(2,3)4)39-34(46)51-20-11-9-10-12-20)50-26-16-23(32(44)48-6)38-28-22(26)13-14-25(47-5)27(28)37/h8,13-14,16,19-21,24,29H,1,9-12,15,17-18H2,2-7H3,(H,39,46)(H,40,42)/t19-,21+,24?,29-,36-/m1/s1. The van der Waals surface area contributed by atoms with E-state index >= 15 is 0 Å². The van der Waals surface area contributed by atoms with Crippen molar-refractivity contribution < 1.29 is 47.7 Å². The molecule has 2 N–H and O–H groups in total. The van der Waals surface area contributed by atoms with Gasteiger partial charge in [0.2, 0.25) is 11.8 Å². The number of hydrogen-bond acceptors (Lipinski definition) is 11. The minimum Gasteiger partial charge on any atom is -0.495 e. The number of benzene rings is 1. The molecule has 3 fully saturated rings. The van der Waals surface area contributed by atoms with Crippen LogP contribution in [0.2, 0.25) is 0 Å². The Morgan fingerprint density at radius 3 is 2.35 bits per heavy atom. The van der Waals surface area contributed by atoms with E-state index in [0.29, 0.717) is 27.5 Å². The van der Waals surface area contributed by atoms with E-state index in [0.717, 1.165) is 25.7 Å². The van der Waals surface area contributed by atoms with Crippen LogP contribution >= 0.6 is 15.9 Å². The molecule has 2 saturated carbocycles. The number of nitrogens with zero attached hydrogens (tertiary/aromatic N) is 2. The van der Waals surface area contributed by atoms with Crippen LogP contribution in [0.15, 0.2) is 35.3 Å². The number of carbonyl (C=O) groups excluding carboxylic acids is 5. The number of hydrogen-bond donors (Lipinski definition) is 2. The van der Waals surface area contributed by atoms with E-state index < -0.39 is 59.0 Å². The van der Waals surface area contributed by atoms with Crippen molar-refractivity contribution in [2.45, 2.75) is 89.1 Å². The fraction of sp³-hybridized carbons (Fsp3) is 0.556. The Kier molecular flexibility index (Phi) is 11.2. The summed E-state index contributed by atoms with van der Waals surface area (Å²) in [5.41, 5.74) is -1.76. The smallest absolute Gasteiger partial charge is 0.408 e. The van der Waals surface area contributed by atoms with Crippen LogP contribution < -0.4 is 20.1 Å². The molecule has 0 radical (unpaired) electrons. The van der Waals surface area contributed by atoms with Gasteiger partial charge in [-0.15, -0.1) is 6.58 Å². The predicted molar refractivity (Wildman–Crippen MR) is 188 cm³/mol. The minimum atomic E-state index is -1.31. The van der Waals surface area contributed by atoms with Gasteiger partial charge in [0.25, 0.3) is 0 Å². The maximum absolute atomic E-state index is 14.5. The van der Waals surface area contributed by atoms with Gasteiger partial charge in [0.1, 0.15) is 41.3 Å². The molecule has 276 valence electrons. The van der Waals surface area contributed by atoms with Crippen LogP contribution in [-0.4, -0.2) is 97.4 Å². The molecule has 2 aromatic rings. The van der Waals surface area contributed by atoms with Crippen molar-refractivity contribution in [3.05, 3.63) is 41.0 Å². The lowest BCUT2D eigenvalue weighted by Gasteiger charge is -2.35. The van der Waals surface area contributed by atoms with Crippen LogP contribution in [0.3, 0.4) is 0 Å². The Hall–Kier alpha value is -4.40. The molecule has 1 aromatic heterocycles. The molecule has 51 heavy (non-hydrogen) atoms. The number of esters is 2. The first-order valence-electron chi connectivity index (χ1n) is 16.9. The van der Waals surface area contributed by atoms with Gasteiger partial charge in [-0.2, -0.15) is 0 Å². The summed E-state index contributed by atoms with van der Waals surface area (Å²) in [7, 11) is 3.98. The number of alkyl carbamates (subject to hydrolysis) is 1. The maximum Gasteiger partial charge on any atom is 0.408 e. The van der Waals surface area contributed by atoms with Crippen molar-refractivity contribution in [3.8, 4) is 11.5 Å². The molecule has 5 atom stereocenters. The molecule has 3 aliphatic rings. The number of halogens is 1. The third-order valence-electron chi connectivity index (χ3n) is 9.75. The number of nitrogens with one attached hydrogen (secondary N) is 2. The van der Waals surface area contributed by atoms with E-state index in [1.165, 1.54) is 32.3 Å². The second-order valence-corrected chi connectivity index (χ2v) is 15.0. The summed E-state index contributed by atoms with van der Waals surface area (Å²) in [6, 6.07) is 2.70. The Balaban J connectivity index is 1.49. The Labute approximate surface area is 305 Å². The minimum absolute atomic E-state index is 0.0195. The first kappa shape index (κ1) is 37.8. The highest BCUT2D eigenvalue weighted by atomic mass is 79.9. The molecule has 15 heteroatoms. The topological polar surface area (TPSA) is 172 Å². The van der Waals surface area contributed by atoms with Gasteiger partial charge in [-0.1, -0.05) is 26.8 Å². The monoisotopic (exact) mass is 772 g/mol. The Bertz CT molecular complexity index is 1720. The lowest BCUT2D eigenvalue weighted by molar-refractivity contribution is -0.148. The average molecular weight is 774 g/mol. The van der Waals surface area contributed by atoms with Crippen LogP contribution in [0.5, 0.6) is 11.5 Å². The number of likely N-dealkylation sites (tertiary alicyclic amines) is 1. The lowest BCUT2D eigenvalue weighted by Crippen LogP contribution is -2.59. The molecule has 1 aromatic carbocycles. The molecule has 0 spiro atoms. The zero-order valence-corrected chi connectivity index (χ0v) is 31.3. The van der Waals surface area contributed by atoms with Crippen LogP contribution in [0.25, 0.3) is 10.9 Å². The first-order chi connectivity index (χ1) is 24.2. The van der Waals surface area contributed by atoms with E-state index in [-0.39, 0.29) is 36.4 Å². The largest absolute Gasteiger partial charge is 0.495 e. The highest BCUT2D eigenvalue weighted by Crippen LogP contribution is 2.46. The molecule has 2 aliphatic carbocycles. The van der Waals surface area contributed by atoms with E-state index in [2.05, 4.69) is 38.1 Å². The quantitative estimate of drug-likeness (QED) is 0.188. The van der Waals surface area contributed by atoms with Gasteiger partial charge in [0.15, 0.2) is 5.69 Å². The molecule has 14 nitrogen and oxygen atoms in total. The summed E-state index contributed by atoms with van der Waals surface area (Å²) in [5, 5.41) is 6.14. The number of rotatable bonds is 11. The third kappa shape index (κ3) is 7.77. The number of fused-ring (bicyclic) bond motifs is 1. The van der Waals surface area contributed by atoms with Gasteiger partial charge in [0.05, 0.1) is 37.9 Å². The molecular weight excluding hydrogens is 728 g/mol. The molecule has 1 aliphatic heterocycles. The van der Waals surface area contributed by atoms with Crippen LogP contribution in [-0.2, 0) is 28.6 Å². The second kappa shape index (κ2) is 15.1. The number of ether oxygens (including phenoxy) is 5. The summed E-state index contributed by atoms with van der Waals surface area (Å²) in [5.74, 6) is -2.05. The molecule has 0 bridgehead atoms. The zero-order valence-electron chi connectivity index (χ0n) is 29.7. The summed E-state index contributed by atoms with van der Waals surface area (Å²) in [4.78, 5) is 73.0. The zero-order chi connectivity index (χ0) is 37.2. The molecule has 2 heterocycles. The van der Waals surface area contributed by atoms with Gasteiger partial charge >= 0.3 is 18.0 Å². The summed E-state index contributed by atoms with van der Waals surface area (Å²) in [6.07, 6.45) is 3.64. The number of amides is 3. The van der Waals surface area contributed by atoms with Gasteiger partial charge in [0, 0.05) is 23.8 Å². The van der Waals surface area contributed by atoms with Crippen molar-refractivity contribution in [2.24, 2.45) is 11.3 Å². The molecule has 1 unspecified atom stereocenters. The highest BCUT2D eigenvalue weighted by Gasteiger charge is 2.62. The summed E-state index contributed by atoms with van der Waals surface area (Å²) >= 11 is 3.50. The SMILES string of the molecule is C=C[C@@H]1C[C@]1(NC(=O)C1C[C@H](Oc2cc(C(=O)OC)nc3c(Br)c(OC)ccc23)CN1C(=O)[C@@H](NC(=O)OC1CCCC1)C(C)(C)C)C(=O)OC. The fourth-order valence-corrected chi connectivity index (χ4v) is 7.44. The second-order valence-electron chi connectivity index (χ2n) is 14.2. The number of methoxy groups -OCH3 is 3. The van der Waals surface area contributed by atoms with Crippen LogP contribution in [0.1, 0.15) is 69.8 Å². The highest BCUT2D eigenvalue weighted by molar-refractivity contribution is 9.10. The maximum atomic E-state index is 14.5. The van der Waals surface area contributed by atoms with E-state index in [1.54, 1.807) is 39.0 Å². The number of aromatic nitrogens is 1. The third-order valence-corrected chi connectivity index (χ3v) is 10.5. The lowest BCUT2D eigenvalue weighted by atomic mass is 9.85. The summed E-state index contributed by atoms with van der Waals surface area (Å²) in [6.45, 7) is 9.13. The normalized spacial score (nSPS) is 23.6. The Morgan fingerprint density at radius 1 is 1.06 bits per heavy atom. The van der Waals surface area contributed by atoms with Crippen LogP contribution in [0.4, 0.5) is 4.79 Å².